The lowest BCUT2D eigenvalue weighted by atomic mass is 10.0. The van der Waals surface area contributed by atoms with Crippen molar-refractivity contribution in [2.24, 2.45) is 0 Å². The summed E-state index contributed by atoms with van der Waals surface area (Å²) in [5.74, 6) is -1.98. The van der Waals surface area contributed by atoms with Crippen LogP contribution in [0.5, 0.6) is 0 Å². The van der Waals surface area contributed by atoms with Gasteiger partial charge in [-0.1, -0.05) is 27.7 Å². The lowest BCUT2D eigenvalue weighted by Crippen LogP contribution is -2.54. The summed E-state index contributed by atoms with van der Waals surface area (Å²) in [6.07, 6.45) is 0.278. The molecule has 1 atom stereocenters. The van der Waals surface area contributed by atoms with E-state index in [9.17, 15) is 19.2 Å². The molecule has 136 valence electrons. The van der Waals surface area contributed by atoms with Crippen LogP contribution in [0.15, 0.2) is 18.2 Å². The molecule has 3 rings (SSSR count). The van der Waals surface area contributed by atoms with Gasteiger partial charge in [-0.05, 0) is 24.6 Å². The van der Waals surface area contributed by atoms with Crippen LogP contribution < -0.4 is 10.6 Å². The summed E-state index contributed by atoms with van der Waals surface area (Å²) in [6, 6.07) is 3.92. The number of rotatable bonds is 2. The highest BCUT2D eigenvalue weighted by molar-refractivity contribution is 6.23. The topological polar surface area (TPSA) is 95.6 Å². The van der Waals surface area contributed by atoms with E-state index in [0.717, 1.165) is 4.90 Å². The minimum absolute atomic E-state index is 0.117. The van der Waals surface area contributed by atoms with Crippen LogP contribution in [0.25, 0.3) is 0 Å². The summed E-state index contributed by atoms with van der Waals surface area (Å²) in [4.78, 5) is 48.8. The third-order valence-electron chi connectivity index (χ3n) is 3.73. The van der Waals surface area contributed by atoms with Gasteiger partial charge in [0.15, 0.2) is 0 Å². The second-order valence-electron chi connectivity index (χ2n) is 4.96. The highest BCUT2D eigenvalue weighted by Gasteiger charge is 2.44. The van der Waals surface area contributed by atoms with Gasteiger partial charge in [-0.3, -0.25) is 29.4 Å². The smallest absolute Gasteiger partial charge is 0.262 e. The average Bonchev–Trinajstić information content (AvgIpc) is 2.89. The second kappa shape index (κ2) is 8.96. The van der Waals surface area contributed by atoms with Crippen molar-refractivity contribution in [3.8, 4) is 0 Å². The Labute approximate surface area is 147 Å². The maximum atomic E-state index is 12.4. The van der Waals surface area contributed by atoms with E-state index in [2.05, 4.69) is 10.6 Å². The van der Waals surface area contributed by atoms with E-state index in [-0.39, 0.29) is 29.9 Å². The Morgan fingerprint density at radius 2 is 1.60 bits per heavy atom. The summed E-state index contributed by atoms with van der Waals surface area (Å²) in [5.41, 5.74) is 1.26. The molecule has 2 N–H and O–H groups in total. The predicted octanol–water partition coefficient (Wildman–Crippen LogP) is 2.18. The van der Waals surface area contributed by atoms with Gasteiger partial charge in [-0.2, -0.15) is 0 Å². The van der Waals surface area contributed by atoms with Crippen LogP contribution in [-0.2, 0) is 9.59 Å². The van der Waals surface area contributed by atoms with Crippen molar-refractivity contribution in [2.45, 2.75) is 46.6 Å². The van der Waals surface area contributed by atoms with E-state index in [1.807, 2.05) is 27.7 Å². The van der Waals surface area contributed by atoms with Crippen LogP contribution in [0.3, 0.4) is 0 Å². The lowest BCUT2D eigenvalue weighted by Gasteiger charge is -2.27. The van der Waals surface area contributed by atoms with Crippen LogP contribution >= 0.6 is 0 Å². The zero-order chi connectivity index (χ0) is 19.1. The van der Waals surface area contributed by atoms with E-state index < -0.39 is 23.8 Å². The Hall–Kier alpha value is -2.70. The molecular formula is C18H25N3O4. The largest absolute Gasteiger partial charge is 0.388 e. The number of anilines is 1. The zero-order valence-corrected chi connectivity index (χ0v) is 15.3. The summed E-state index contributed by atoms with van der Waals surface area (Å²) >= 11 is 0. The number of nitrogens with zero attached hydrogens (tertiary/aromatic N) is 1. The van der Waals surface area contributed by atoms with E-state index >= 15 is 0 Å². The van der Waals surface area contributed by atoms with Gasteiger partial charge in [0.1, 0.15) is 6.04 Å². The summed E-state index contributed by atoms with van der Waals surface area (Å²) < 4.78 is 0. The average molecular weight is 347 g/mol. The van der Waals surface area contributed by atoms with Gasteiger partial charge in [-0.25, -0.2) is 0 Å². The van der Waals surface area contributed by atoms with Crippen molar-refractivity contribution in [3.05, 3.63) is 29.3 Å². The van der Waals surface area contributed by atoms with Crippen LogP contribution in [-0.4, -0.2) is 41.6 Å². The SMILES string of the molecule is CC.CC.CNc1ccc2c(c1)C(=O)N(C1CCC(=O)NC1=O)C2=O. The van der Waals surface area contributed by atoms with Crippen molar-refractivity contribution in [2.75, 3.05) is 12.4 Å². The molecule has 7 nitrogen and oxygen atoms in total. The fraction of sp³-hybridized carbons (Fsp3) is 0.444. The predicted molar refractivity (Wildman–Crippen MR) is 95.4 cm³/mol. The highest BCUT2D eigenvalue weighted by atomic mass is 16.2. The molecule has 25 heavy (non-hydrogen) atoms. The number of nitrogens with one attached hydrogen (secondary N) is 2. The molecule has 1 fully saturated rings. The van der Waals surface area contributed by atoms with Crippen LogP contribution in [0.4, 0.5) is 5.69 Å². The first-order chi connectivity index (χ1) is 12.0. The van der Waals surface area contributed by atoms with Crippen LogP contribution in [0.1, 0.15) is 61.3 Å². The van der Waals surface area contributed by atoms with E-state index in [1.165, 1.54) is 0 Å². The first-order valence-corrected chi connectivity index (χ1v) is 8.56. The van der Waals surface area contributed by atoms with E-state index in [1.54, 1.807) is 25.2 Å². The first-order valence-electron chi connectivity index (χ1n) is 8.56. The van der Waals surface area contributed by atoms with Crippen LogP contribution in [0.2, 0.25) is 0 Å². The minimum atomic E-state index is -0.923. The number of fused-ring (bicyclic) bond motifs is 1. The maximum Gasteiger partial charge on any atom is 0.262 e. The standard InChI is InChI=1S/C14H13N3O4.2C2H6/c1-15-7-2-3-8-9(6-7)14(21)17(13(8)20)10-4-5-11(18)16-12(10)19;2*1-2/h2-3,6,10,15H,4-5H2,1H3,(H,16,18,19);2*1-2H3. The van der Waals surface area contributed by atoms with Gasteiger partial charge in [0.2, 0.25) is 11.8 Å². The lowest BCUT2D eigenvalue weighted by molar-refractivity contribution is -0.136. The van der Waals surface area contributed by atoms with Crippen molar-refractivity contribution in [1.82, 2.24) is 10.2 Å². The van der Waals surface area contributed by atoms with Crippen molar-refractivity contribution in [1.29, 1.82) is 0 Å². The normalized spacial score (nSPS) is 18.4. The Morgan fingerprint density at radius 3 is 2.16 bits per heavy atom. The van der Waals surface area contributed by atoms with Gasteiger partial charge in [0.05, 0.1) is 11.1 Å². The number of piperidine rings is 1. The number of carbonyl (C=O) groups is 4. The molecule has 7 heteroatoms. The summed E-state index contributed by atoms with van der Waals surface area (Å²) in [6.45, 7) is 8.00. The molecular weight excluding hydrogens is 322 g/mol. The monoisotopic (exact) mass is 347 g/mol. The fourth-order valence-corrected chi connectivity index (χ4v) is 2.63. The molecule has 4 amide bonds. The summed E-state index contributed by atoms with van der Waals surface area (Å²) in [5, 5.41) is 5.06. The quantitative estimate of drug-likeness (QED) is 0.800. The van der Waals surface area contributed by atoms with Crippen molar-refractivity contribution in [3.63, 3.8) is 0 Å². The van der Waals surface area contributed by atoms with Crippen molar-refractivity contribution < 1.29 is 19.2 Å². The molecule has 2 aliphatic rings. The molecule has 0 spiro atoms. The molecule has 0 aromatic heterocycles. The zero-order valence-electron chi connectivity index (χ0n) is 15.3. The number of hydrogen-bond acceptors (Lipinski definition) is 5. The number of hydrogen-bond donors (Lipinski definition) is 2. The molecule has 2 heterocycles. The molecule has 1 aromatic carbocycles. The van der Waals surface area contributed by atoms with Gasteiger partial charge in [-0.15, -0.1) is 0 Å². The Balaban J connectivity index is 0.000000730. The molecule has 1 aromatic rings. The molecule has 1 unspecified atom stereocenters. The molecule has 0 bridgehead atoms. The number of imide groups is 2. The molecule has 0 radical (unpaired) electrons. The molecule has 1 saturated heterocycles. The van der Waals surface area contributed by atoms with E-state index in [4.69, 9.17) is 0 Å². The minimum Gasteiger partial charge on any atom is -0.388 e. The van der Waals surface area contributed by atoms with E-state index in [0.29, 0.717) is 5.69 Å². The number of amides is 4. The Morgan fingerprint density at radius 1 is 1.00 bits per heavy atom. The van der Waals surface area contributed by atoms with Gasteiger partial charge < -0.3 is 5.32 Å². The van der Waals surface area contributed by atoms with Gasteiger partial charge in [0, 0.05) is 19.2 Å². The molecule has 0 aliphatic carbocycles. The Bertz CT molecular complexity index is 685. The van der Waals surface area contributed by atoms with Gasteiger partial charge >= 0.3 is 0 Å². The van der Waals surface area contributed by atoms with Crippen molar-refractivity contribution >= 4 is 29.3 Å². The third-order valence-corrected chi connectivity index (χ3v) is 3.73. The fourth-order valence-electron chi connectivity index (χ4n) is 2.63. The molecule has 0 saturated carbocycles. The first kappa shape index (κ1) is 20.3. The van der Waals surface area contributed by atoms with Gasteiger partial charge in [0.25, 0.3) is 11.8 Å². The highest BCUT2D eigenvalue weighted by Crippen LogP contribution is 2.29. The summed E-state index contributed by atoms with van der Waals surface area (Å²) in [7, 11) is 1.71. The maximum absolute atomic E-state index is 12.4. The molecule has 2 aliphatic heterocycles. The number of benzene rings is 1. The third kappa shape index (κ3) is 3.87. The number of carbonyl (C=O) groups excluding carboxylic acids is 4. The Kier molecular flexibility index (Phi) is 7.29. The van der Waals surface area contributed by atoms with Crippen LogP contribution in [0, 0.1) is 0 Å². The second-order valence-corrected chi connectivity index (χ2v) is 4.96.